The van der Waals surface area contributed by atoms with E-state index in [1.54, 1.807) is 18.2 Å². The zero-order valence-corrected chi connectivity index (χ0v) is 19.0. The van der Waals surface area contributed by atoms with Crippen molar-refractivity contribution >= 4 is 51.6 Å². The number of carbonyl (C=O) groups excluding carboxylic acids is 1. The fraction of sp³-hybridized carbons (Fsp3) is 0.125. The van der Waals surface area contributed by atoms with Gasteiger partial charge in [-0.05, 0) is 79.7 Å². The molecule has 1 aromatic heterocycles. The average Bonchev–Trinajstić information content (AvgIpc) is 3.17. The van der Waals surface area contributed by atoms with Gasteiger partial charge in [-0.2, -0.15) is 0 Å². The van der Waals surface area contributed by atoms with E-state index in [-0.39, 0.29) is 17.6 Å². The van der Waals surface area contributed by atoms with Crippen molar-refractivity contribution < 1.29 is 13.9 Å². The molecule has 0 unspecified atom stereocenters. The van der Waals surface area contributed by atoms with Crippen molar-refractivity contribution in [1.29, 1.82) is 0 Å². The smallest absolute Gasteiger partial charge is 0.264 e. The molecule has 0 aliphatic carbocycles. The molecule has 6 nitrogen and oxygen atoms in total. The first-order valence-corrected chi connectivity index (χ1v) is 10.6. The highest BCUT2D eigenvalue weighted by atomic mass is 35.5. The van der Waals surface area contributed by atoms with Gasteiger partial charge in [-0.25, -0.2) is 4.98 Å². The first-order valence-electron chi connectivity index (χ1n) is 9.85. The molecule has 0 spiro atoms. The van der Waals surface area contributed by atoms with Crippen molar-refractivity contribution in [2.24, 2.45) is 0 Å². The standard InChI is InChI=1S/C24H20ClN3O3S/c1-14-4-3-5-17(10-14)30-13-22(29)28-24(32)27-19-12-16(7-8-18(19)25)23-26-20-11-15(2)6-9-21(20)31-23/h3-12H,13H2,1-2H3,(H2,27,28,29,32). The van der Waals surface area contributed by atoms with Crippen molar-refractivity contribution in [2.45, 2.75) is 13.8 Å². The summed E-state index contributed by atoms with van der Waals surface area (Å²) in [7, 11) is 0. The van der Waals surface area contributed by atoms with Crippen LogP contribution in [0.4, 0.5) is 5.69 Å². The van der Waals surface area contributed by atoms with Gasteiger partial charge in [0.2, 0.25) is 5.89 Å². The van der Waals surface area contributed by atoms with E-state index in [1.165, 1.54) is 0 Å². The van der Waals surface area contributed by atoms with E-state index in [9.17, 15) is 4.79 Å². The first-order chi connectivity index (χ1) is 15.4. The van der Waals surface area contributed by atoms with Crippen LogP contribution in [0.2, 0.25) is 5.02 Å². The molecule has 32 heavy (non-hydrogen) atoms. The third-order valence-electron chi connectivity index (χ3n) is 4.62. The number of carbonyl (C=O) groups is 1. The lowest BCUT2D eigenvalue weighted by atomic mass is 10.2. The zero-order chi connectivity index (χ0) is 22.7. The highest BCUT2D eigenvalue weighted by molar-refractivity contribution is 7.80. The van der Waals surface area contributed by atoms with Crippen LogP contribution >= 0.6 is 23.8 Å². The number of aryl methyl sites for hydroxylation is 2. The average molecular weight is 466 g/mol. The molecule has 0 saturated carbocycles. The summed E-state index contributed by atoms with van der Waals surface area (Å²) in [5.74, 6) is 0.695. The second-order valence-electron chi connectivity index (χ2n) is 7.29. The van der Waals surface area contributed by atoms with E-state index in [1.807, 2.05) is 56.3 Å². The number of halogens is 1. The number of benzene rings is 3. The summed E-state index contributed by atoms with van der Waals surface area (Å²) in [4.78, 5) is 16.7. The molecular weight excluding hydrogens is 446 g/mol. The first kappa shape index (κ1) is 21.8. The van der Waals surface area contributed by atoms with Crippen LogP contribution < -0.4 is 15.4 Å². The van der Waals surface area contributed by atoms with Gasteiger partial charge in [0, 0.05) is 5.56 Å². The number of hydrogen-bond acceptors (Lipinski definition) is 5. The predicted molar refractivity (Wildman–Crippen MR) is 130 cm³/mol. The van der Waals surface area contributed by atoms with Gasteiger partial charge in [-0.1, -0.05) is 29.8 Å². The van der Waals surface area contributed by atoms with Crippen molar-refractivity contribution in [1.82, 2.24) is 10.3 Å². The van der Waals surface area contributed by atoms with Crippen molar-refractivity contribution in [2.75, 3.05) is 11.9 Å². The SMILES string of the molecule is Cc1cccc(OCC(=O)NC(=S)Nc2cc(-c3nc4cc(C)ccc4o3)ccc2Cl)c1. The van der Waals surface area contributed by atoms with Gasteiger partial charge >= 0.3 is 0 Å². The topological polar surface area (TPSA) is 76.4 Å². The second-order valence-corrected chi connectivity index (χ2v) is 8.11. The number of aromatic nitrogens is 1. The molecule has 0 fully saturated rings. The molecule has 0 aliphatic rings. The fourth-order valence-electron chi connectivity index (χ4n) is 3.09. The Morgan fingerprint density at radius 3 is 2.72 bits per heavy atom. The minimum atomic E-state index is -0.384. The number of oxazole rings is 1. The van der Waals surface area contributed by atoms with Crippen molar-refractivity contribution in [3.8, 4) is 17.2 Å². The predicted octanol–water partition coefficient (Wildman–Crippen LogP) is 5.66. The third kappa shape index (κ3) is 5.25. The highest BCUT2D eigenvalue weighted by Gasteiger charge is 2.13. The monoisotopic (exact) mass is 465 g/mol. The van der Waals surface area contributed by atoms with Crippen molar-refractivity contribution in [3.05, 3.63) is 76.8 Å². The van der Waals surface area contributed by atoms with E-state index in [0.29, 0.717) is 27.9 Å². The van der Waals surface area contributed by atoms with Gasteiger partial charge in [-0.3, -0.25) is 10.1 Å². The lowest BCUT2D eigenvalue weighted by Gasteiger charge is -2.12. The van der Waals surface area contributed by atoms with Gasteiger partial charge in [0.05, 0.1) is 10.7 Å². The summed E-state index contributed by atoms with van der Waals surface area (Å²) in [5, 5.41) is 6.07. The molecule has 4 rings (SSSR count). The van der Waals surface area contributed by atoms with Gasteiger partial charge < -0.3 is 14.5 Å². The molecule has 1 heterocycles. The summed E-state index contributed by atoms with van der Waals surface area (Å²) < 4.78 is 11.3. The van der Waals surface area contributed by atoms with E-state index >= 15 is 0 Å². The maximum atomic E-state index is 12.2. The summed E-state index contributed by atoms with van der Waals surface area (Å²) in [5.41, 5.74) is 4.87. The Labute approximate surface area is 195 Å². The summed E-state index contributed by atoms with van der Waals surface area (Å²) in [6, 6.07) is 18.6. The minimum Gasteiger partial charge on any atom is -0.484 e. The third-order valence-corrected chi connectivity index (χ3v) is 5.15. The molecule has 1 amide bonds. The van der Waals surface area contributed by atoms with E-state index in [0.717, 1.165) is 22.2 Å². The Kier molecular flexibility index (Phi) is 6.39. The quantitative estimate of drug-likeness (QED) is 0.370. The Hall–Kier alpha value is -3.42. The molecule has 0 saturated heterocycles. The Bertz CT molecular complexity index is 1320. The maximum Gasteiger partial charge on any atom is 0.264 e. The Morgan fingerprint density at radius 1 is 1.09 bits per heavy atom. The Morgan fingerprint density at radius 2 is 1.91 bits per heavy atom. The highest BCUT2D eigenvalue weighted by Crippen LogP contribution is 2.30. The minimum absolute atomic E-state index is 0.107. The zero-order valence-electron chi connectivity index (χ0n) is 17.4. The van der Waals surface area contributed by atoms with Crippen LogP contribution in [0, 0.1) is 13.8 Å². The maximum absolute atomic E-state index is 12.2. The van der Waals surface area contributed by atoms with Crippen LogP contribution in [0.5, 0.6) is 5.75 Å². The van der Waals surface area contributed by atoms with Crippen LogP contribution in [0.25, 0.3) is 22.6 Å². The van der Waals surface area contributed by atoms with Gasteiger partial charge in [0.25, 0.3) is 5.91 Å². The molecule has 162 valence electrons. The van der Waals surface area contributed by atoms with Crippen LogP contribution in [0.1, 0.15) is 11.1 Å². The number of hydrogen-bond donors (Lipinski definition) is 2. The van der Waals surface area contributed by atoms with E-state index < -0.39 is 0 Å². The fourth-order valence-corrected chi connectivity index (χ4v) is 3.47. The number of amides is 1. The summed E-state index contributed by atoms with van der Waals surface area (Å²) >= 11 is 11.6. The second kappa shape index (κ2) is 9.38. The molecule has 0 radical (unpaired) electrons. The number of rotatable bonds is 5. The molecule has 4 aromatic rings. The molecular formula is C24H20ClN3O3S. The van der Waals surface area contributed by atoms with E-state index in [2.05, 4.69) is 15.6 Å². The molecule has 0 bridgehead atoms. The number of fused-ring (bicyclic) bond motifs is 1. The largest absolute Gasteiger partial charge is 0.484 e. The van der Waals surface area contributed by atoms with Crippen LogP contribution in [-0.2, 0) is 4.79 Å². The lowest BCUT2D eigenvalue weighted by Crippen LogP contribution is -2.37. The van der Waals surface area contributed by atoms with Gasteiger partial charge in [0.1, 0.15) is 11.3 Å². The summed E-state index contributed by atoms with van der Waals surface area (Å²) in [6.45, 7) is 3.78. The van der Waals surface area contributed by atoms with E-state index in [4.69, 9.17) is 33.0 Å². The lowest BCUT2D eigenvalue weighted by molar-refractivity contribution is -0.121. The molecule has 2 N–H and O–H groups in total. The number of anilines is 1. The number of ether oxygens (including phenoxy) is 1. The molecule has 8 heteroatoms. The number of nitrogens with one attached hydrogen (secondary N) is 2. The van der Waals surface area contributed by atoms with Crippen molar-refractivity contribution in [3.63, 3.8) is 0 Å². The molecule has 3 aromatic carbocycles. The Balaban J connectivity index is 1.41. The van der Waals surface area contributed by atoms with Crippen LogP contribution in [0.15, 0.2) is 65.1 Å². The van der Waals surface area contributed by atoms with Gasteiger partial charge in [0.15, 0.2) is 17.3 Å². The van der Waals surface area contributed by atoms with Gasteiger partial charge in [-0.15, -0.1) is 0 Å². The van der Waals surface area contributed by atoms with Crippen LogP contribution in [0.3, 0.4) is 0 Å². The molecule has 0 atom stereocenters. The number of thiocarbonyl (C=S) groups is 1. The number of nitrogens with zero attached hydrogens (tertiary/aromatic N) is 1. The van der Waals surface area contributed by atoms with Crippen LogP contribution in [-0.4, -0.2) is 22.6 Å². The normalized spacial score (nSPS) is 10.7. The molecule has 0 aliphatic heterocycles. The summed E-state index contributed by atoms with van der Waals surface area (Å²) in [6.07, 6.45) is 0.